The summed E-state index contributed by atoms with van der Waals surface area (Å²) in [5, 5.41) is 0. The molecule has 17 heavy (non-hydrogen) atoms. The van der Waals surface area contributed by atoms with Crippen LogP contribution < -0.4 is 4.74 Å². The molecule has 0 aliphatic rings. The summed E-state index contributed by atoms with van der Waals surface area (Å²) >= 11 is 3.44. The molecule has 1 aromatic carbocycles. The van der Waals surface area contributed by atoms with Gasteiger partial charge >= 0.3 is 0 Å². The van der Waals surface area contributed by atoms with Crippen molar-refractivity contribution in [2.45, 2.75) is 13.3 Å². The van der Waals surface area contributed by atoms with Gasteiger partial charge in [-0.15, -0.1) is 0 Å². The van der Waals surface area contributed by atoms with E-state index in [0.29, 0.717) is 6.61 Å². The molecule has 0 fully saturated rings. The van der Waals surface area contributed by atoms with E-state index in [-0.39, 0.29) is 0 Å². The van der Waals surface area contributed by atoms with Crippen LogP contribution in [0.15, 0.2) is 47.2 Å². The van der Waals surface area contributed by atoms with Gasteiger partial charge in [0.1, 0.15) is 5.75 Å². The molecule has 0 saturated heterocycles. The highest BCUT2D eigenvalue weighted by Gasteiger charge is 2.00. The number of aryl methyl sites for hydroxylation is 1. The number of halogens is 1. The van der Waals surface area contributed by atoms with Crippen molar-refractivity contribution in [1.82, 2.24) is 4.98 Å². The molecule has 0 unspecified atom stereocenters. The third-order valence-corrected chi connectivity index (χ3v) is 3.00. The van der Waals surface area contributed by atoms with E-state index in [9.17, 15) is 0 Å². The fourth-order valence-electron chi connectivity index (χ4n) is 1.60. The smallest absolute Gasteiger partial charge is 0.122 e. The largest absolute Gasteiger partial charge is 0.493 e. The fraction of sp³-hybridized carbons (Fsp3) is 0.214. The second-order valence-corrected chi connectivity index (χ2v) is 4.79. The molecule has 0 radical (unpaired) electrons. The molecule has 88 valence electrons. The molecule has 0 bridgehead atoms. The summed E-state index contributed by atoms with van der Waals surface area (Å²) in [7, 11) is 0. The van der Waals surface area contributed by atoms with Gasteiger partial charge < -0.3 is 4.74 Å². The summed E-state index contributed by atoms with van der Waals surface area (Å²) in [6.07, 6.45) is 4.53. The second kappa shape index (κ2) is 5.82. The molecule has 0 amide bonds. The van der Waals surface area contributed by atoms with Crippen LogP contribution >= 0.6 is 15.9 Å². The lowest BCUT2D eigenvalue weighted by molar-refractivity contribution is 0.319. The van der Waals surface area contributed by atoms with Crippen LogP contribution in [0.5, 0.6) is 5.75 Å². The third kappa shape index (κ3) is 3.56. The van der Waals surface area contributed by atoms with Gasteiger partial charge in [-0.3, -0.25) is 4.98 Å². The second-order valence-electron chi connectivity index (χ2n) is 3.87. The Labute approximate surface area is 110 Å². The quantitative estimate of drug-likeness (QED) is 0.855. The van der Waals surface area contributed by atoms with Gasteiger partial charge in [0, 0.05) is 23.3 Å². The molecule has 0 N–H and O–H groups in total. The van der Waals surface area contributed by atoms with Gasteiger partial charge in [0.15, 0.2) is 0 Å². The molecule has 0 atom stereocenters. The zero-order valence-electron chi connectivity index (χ0n) is 9.69. The average molecular weight is 292 g/mol. The van der Waals surface area contributed by atoms with E-state index in [1.807, 2.05) is 31.3 Å². The lowest BCUT2D eigenvalue weighted by Gasteiger charge is -2.09. The van der Waals surface area contributed by atoms with Crippen LogP contribution in [0.2, 0.25) is 0 Å². The normalized spacial score (nSPS) is 10.2. The van der Waals surface area contributed by atoms with Gasteiger partial charge in [-0.1, -0.05) is 22.0 Å². The van der Waals surface area contributed by atoms with Crippen LogP contribution in [0.1, 0.15) is 11.1 Å². The van der Waals surface area contributed by atoms with Crippen LogP contribution in [0, 0.1) is 6.92 Å². The number of benzene rings is 1. The number of rotatable bonds is 4. The van der Waals surface area contributed by atoms with Crippen LogP contribution in [0.4, 0.5) is 0 Å². The van der Waals surface area contributed by atoms with Gasteiger partial charge in [-0.05, 0) is 42.3 Å². The van der Waals surface area contributed by atoms with Crippen LogP contribution in [-0.2, 0) is 6.42 Å². The van der Waals surface area contributed by atoms with Crippen molar-refractivity contribution in [3.8, 4) is 5.75 Å². The predicted octanol–water partition coefficient (Wildman–Crippen LogP) is 3.77. The first-order valence-electron chi connectivity index (χ1n) is 5.53. The Bertz CT molecular complexity index is 485. The van der Waals surface area contributed by atoms with Crippen LogP contribution in [0.3, 0.4) is 0 Å². The van der Waals surface area contributed by atoms with E-state index in [1.165, 1.54) is 5.56 Å². The zero-order valence-corrected chi connectivity index (χ0v) is 11.3. The summed E-state index contributed by atoms with van der Waals surface area (Å²) in [6, 6.07) is 10.0. The topological polar surface area (TPSA) is 22.1 Å². The van der Waals surface area contributed by atoms with E-state index in [0.717, 1.165) is 22.2 Å². The lowest BCUT2D eigenvalue weighted by atomic mass is 10.2. The number of nitrogens with zero attached hydrogens (tertiary/aromatic N) is 1. The van der Waals surface area contributed by atoms with Crippen molar-refractivity contribution in [3.05, 3.63) is 58.3 Å². The molecule has 0 aliphatic heterocycles. The molecule has 0 saturated carbocycles. The monoisotopic (exact) mass is 291 g/mol. The van der Waals surface area contributed by atoms with Gasteiger partial charge in [0.2, 0.25) is 0 Å². The van der Waals surface area contributed by atoms with E-state index < -0.39 is 0 Å². The summed E-state index contributed by atoms with van der Waals surface area (Å²) in [5.41, 5.74) is 2.34. The van der Waals surface area contributed by atoms with Gasteiger partial charge in [0.05, 0.1) is 6.61 Å². The molecule has 0 aliphatic carbocycles. The number of hydrogen-bond acceptors (Lipinski definition) is 2. The maximum absolute atomic E-state index is 5.75. The Morgan fingerprint density at radius 2 is 2.18 bits per heavy atom. The summed E-state index contributed by atoms with van der Waals surface area (Å²) in [5.74, 6) is 0.942. The Kier molecular flexibility index (Phi) is 4.15. The average Bonchev–Trinajstić information content (AvgIpc) is 2.33. The molecule has 0 spiro atoms. The molecule has 3 heteroatoms. The van der Waals surface area contributed by atoms with Crippen molar-refractivity contribution in [2.75, 3.05) is 6.61 Å². The van der Waals surface area contributed by atoms with Gasteiger partial charge in [-0.25, -0.2) is 0 Å². The molecule has 2 aromatic rings. The highest BCUT2D eigenvalue weighted by molar-refractivity contribution is 9.10. The summed E-state index contributed by atoms with van der Waals surface area (Å²) in [6.45, 7) is 2.72. The van der Waals surface area contributed by atoms with Crippen molar-refractivity contribution in [1.29, 1.82) is 0 Å². The fourth-order valence-corrected chi connectivity index (χ4v) is 2.08. The Hall–Kier alpha value is -1.35. The molecular weight excluding hydrogens is 278 g/mol. The standard InChI is InChI=1S/C14H14BrNO/c1-11-9-13(15)4-5-14(11)17-8-6-12-3-2-7-16-10-12/h2-5,7,9-10H,6,8H2,1H3. The maximum Gasteiger partial charge on any atom is 0.122 e. The van der Waals surface area contributed by atoms with Crippen LogP contribution in [0.25, 0.3) is 0 Å². The van der Waals surface area contributed by atoms with Crippen molar-refractivity contribution in [2.24, 2.45) is 0 Å². The highest BCUT2D eigenvalue weighted by atomic mass is 79.9. The van der Waals surface area contributed by atoms with E-state index in [4.69, 9.17) is 4.74 Å². The predicted molar refractivity (Wildman–Crippen MR) is 72.3 cm³/mol. The SMILES string of the molecule is Cc1cc(Br)ccc1OCCc1cccnc1. The Balaban J connectivity index is 1.90. The molecular formula is C14H14BrNO. The molecule has 2 nitrogen and oxygen atoms in total. The number of ether oxygens (including phenoxy) is 1. The first-order valence-corrected chi connectivity index (χ1v) is 6.33. The van der Waals surface area contributed by atoms with Gasteiger partial charge in [0.25, 0.3) is 0 Å². The molecule has 1 aromatic heterocycles. The summed E-state index contributed by atoms with van der Waals surface area (Å²) < 4.78 is 6.83. The van der Waals surface area contributed by atoms with E-state index in [1.54, 1.807) is 6.20 Å². The number of pyridine rings is 1. The first-order chi connectivity index (χ1) is 8.25. The molecule has 2 rings (SSSR count). The molecule has 1 heterocycles. The summed E-state index contributed by atoms with van der Waals surface area (Å²) in [4.78, 5) is 4.08. The third-order valence-electron chi connectivity index (χ3n) is 2.51. The van der Waals surface area contributed by atoms with Gasteiger partial charge in [-0.2, -0.15) is 0 Å². The minimum absolute atomic E-state index is 0.675. The maximum atomic E-state index is 5.75. The Morgan fingerprint density at radius 3 is 2.88 bits per heavy atom. The first kappa shape index (κ1) is 12.1. The minimum Gasteiger partial charge on any atom is -0.493 e. The lowest BCUT2D eigenvalue weighted by Crippen LogP contribution is -2.02. The Morgan fingerprint density at radius 1 is 1.29 bits per heavy atom. The zero-order chi connectivity index (χ0) is 12.1. The van der Waals surface area contributed by atoms with E-state index >= 15 is 0 Å². The number of aromatic nitrogens is 1. The minimum atomic E-state index is 0.675. The van der Waals surface area contributed by atoms with Crippen molar-refractivity contribution >= 4 is 15.9 Å². The highest BCUT2D eigenvalue weighted by Crippen LogP contribution is 2.22. The van der Waals surface area contributed by atoms with Crippen LogP contribution in [-0.4, -0.2) is 11.6 Å². The van der Waals surface area contributed by atoms with Crippen molar-refractivity contribution < 1.29 is 4.74 Å². The van der Waals surface area contributed by atoms with Crippen molar-refractivity contribution in [3.63, 3.8) is 0 Å². The number of hydrogen-bond donors (Lipinski definition) is 0. The van der Waals surface area contributed by atoms with E-state index in [2.05, 4.69) is 33.0 Å².